The molecule has 15 heavy (non-hydrogen) atoms. The Bertz CT molecular complexity index is 384. The molecule has 2 nitrogen and oxygen atoms in total. The number of nitrogens with zero attached hydrogens (tertiary/aromatic N) is 2. The van der Waals surface area contributed by atoms with Crippen LogP contribution in [0.2, 0.25) is 0 Å². The minimum absolute atomic E-state index is 0.400. The van der Waals surface area contributed by atoms with Gasteiger partial charge in [-0.05, 0) is 18.1 Å². The molecule has 80 valence electrons. The zero-order chi connectivity index (χ0) is 10.9. The van der Waals surface area contributed by atoms with E-state index in [2.05, 4.69) is 4.98 Å². The predicted molar refractivity (Wildman–Crippen MR) is 50.5 cm³/mol. The van der Waals surface area contributed by atoms with Gasteiger partial charge in [0.25, 0.3) is 0 Å². The number of pyridine rings is 1. The van der Waals surface area contributed by atoms with Crippen LogP contribution in [0.25, 0.3) is 0 Å². The Morgan fingerprint density at radius 2 is 2.20 bits per heavy atom. The van der Waals surface area contributed by atoms with Crippen molar-refractivity contribution in [2.24, 2.45) is 0 Å². The average Bonchev–Trinajstić information content (AvgIpc) is 2.16. The van der Waals surface area contributed by atoms with Crippen molar-refractivity contribution in [3.05, 3.63) is 36.2 Å². The molecule has 0 radical (unpaired) electrons. The van der Waals surface area contributed by atoms with Crippen LogP contribution >= 0.6 is 0 Å². The fourth-order valence-corrected chi connectivity index (χ4v) is 1.55. The molecule has 0 atom stereocenters. The van der Waals surface area contributed by atoms with Crippen LogP contribution in [0.4, 0.5) is 19.0 Å². The highest BCUT2D eigenvalue weighted by Gasteiger charge is 2.31. The van der Waals surface area contributed by atoms with Crippen LogP contribution < -0.4 is 4.90 Å². The molecule has 1 aromatic rings. The number of aromatic nitrogens is 1. The molecule has 0 saturated heterocycles. The van der Waals surface area contributed by atoms with E-state index in [4.69, 9.17) is 0 Å². The Labute approximate surface area is 85.0 Å². The lowest BCUT2D eigenvalue weighted by molar-refractivity contribution is -0.118. The lowest BCUT2D eigenvalue weighted by Crippen LogP contribution is -2.32. The minimum Gasteiger partial charge on any atom is -0.324 e. The van der Waals surface area contributed by atoms with Gasteiger partial charge in [0, 0.05) is 12.4 Å². The molecule has 0 saturated carbocycles. The van der Waals surface area contributed by atoms with Crippen molar-refractivity contribution >= 4 is 5.82 Å². The molecule has 1 aromatic heterocycles. The lowest BCUT2D eigenvalue weighted by Gasteiger charge is -2.25. The summed E-state index contributed by atoms with van der Waals surface area (Å²) in [6.07, 6.45) is 1.06. The Balaban J connectivity index is 2.27. The number of hydrogen-bond donors (Lipinski definition) is 0. The summed E-state index contributed by atoms with van der Waals surface area (Å²) < 4.78 is 36.7. The van der Waals surface area contributed by atoms with Gasteiger partial charge < -0.3 is 4.90 Å². The van der Waals surface area contributed by atoms with E-state index in [1.165, 1.54) is 12.4 Å². The fourth-order valence-electron chi connectivity index (χ4n) is 1.55. The second-order valence-electron chi connectivity index (χ2n) is 3.32. The van der Waals surface area contributed by atoms with Gasteiger partial charge in [0.1, 0.15) is 12.4 Å². The third kappa shape index (κ3) is 2.29. The van der Waals surface area contributed by atoms with Crippen LogP contribution in [-0.2, 0) is 6.42 Å². The Hall–Kier alpha value is -1.52. The maximum Gasteiger partial charge on any atom is 0.406 e. The maximum atomic E-state index is 12.2. The zero-order valence-corrected chi connectivity index (χ0v) is 7.83. The summed E-state index contributed by atoms with van der Waals surface area (Å²) in [6, 6.07) is 3.51. The first-order chi connectivity index (χ1) is 7.06. The SMILES string of the molecule is FC(F)(F)CN1C=CCc2cccnc21. The molecular weight excluding hydrogens is 205 g/mol. The van der Waals surface area contributed by atoms with Crippen LogP contribution in [0.1, 0.15) is 5.56 Å². The van der Waals surface area contributed by atoms with Crippen LogP contribution in [-0.4, -0.2) is 17.7 Å². The van der Waals surface area contributed by atoms with E-state index in [1.807, 2.05) is 0 Å². The van der Waals surface area contributed by atoms with Gasteiger partial charge in [-0.25, -0.2) is 4.98 Å². The van der Waals surface area contributed by atoms with E-state index < -0.39 is 12.7 Å². The second-order valence-corrected chi connectivity index (χ2v) is 3.32. The molecule has 5 heteroatoms. The van der Waals surface area contributed by atoms with Gasteiger partial charge in [0.2, 0.25) is 0 Å². The van der Waals surface area contributed by atoms with Crippen molar-refractivity contribution in [2.75, 3.05) is 11.4 Å². The van der Waals surface area contributed by atoms with Gasteiger partial charge in [0.15, 0.2) is 0 Å². The summed E-state index contributed by atoms with van der Waals surface area (Å²) in [7, 11) is 0. The van der Waals surface area contributed by atoms with Crippen LogP contribution in [0.3, 0.4) is 0 Å². The largest absolute Gasteiger partial charge is 0.406 e. The van der Waals surface area contributed by atoms with Gasteiger partial charge in [-0.15, -0.1) is 0 Å². The van der Waals surface area contributed by atoms with Crippen molar-refractivity contribution in [3.63, 3.8) is 0 Å². The first-order valence-electron chi connectivity index (χ1n) is 4.50. The third-order valence-corrected chi connectivity index (χ3v) is 2.11. The minimum atomic E-state index is -4.21. The molecule has 0 N–H and O–H groups in total. The summed E-state index contributed by atoms with van der Waals surface area (Å²) >= 11 is 0. The van der Waals surface area contributed by atoms with Crippen molar-refractivity contribution < 1.29 is 13.2 Å². The van der Waals surface area contributed by atoms with E-state index in [9.17, 15) is 13.2 Å². The summed E-state index contributed by atoms with van der Waals surface area (Å²) in [5.74, 6) is 0.400. The van der Waals surface area contributed by atoms with E-state index in [1.54, 1.807) is 18.2 Å². The van der Waals surface area contributed by atoms with E-state index >= 15 is 0 Å². The summed E-state index contributed by atoms with van der Waals surface area (Å²) in [4.78, 5) is 5.08. The van der Waals surface area contributed by atoms with E-state index in [0.717, 1.165) is 10.5 Å². The zero-order valence-electron chi connectivity index (χ0n) is 7.83. The quantitative estimate of drug-likeness (QED) is 0.714. The fraction of sp³-hybridized carbons (Fsp3) is 0.300. The first kappa shape index (κ1) is 10.0. The molecule has 1 aliphatic heterocycles. The van der Waals surface area contributed by atoms with E-state index in [0.29, 0.717) is 12.2 Å². The second kappa shape index (κ2) is 3.56. The third-order valence-electron chi connectivity index (χ3n) is 2.11. The predicted octanol–water partition coefficient (Wildman–Crippen LogP) is 2.52. The van der Waals surface area contributed by atoms with Crippen molar-refractivity contribution in [2.45, 2.75) is 12.6 Å². The monoisotopic (exact) mass is 214 g/mol. The normalized spacial score (nSPS) is 15.3. The highest BCUT2D eigenvalue weighted by molar-refractivity contribution is 5.53. The molecule has 0 unspecified atom stereocenters. The molecule has 0 amide bonds. The average molecular weight is 214 g/mol. The van der Waals surface area contributed by atoms with Crippen LogP contribution in [0.15, 0.2) is 30.6 Å². The maximum absolute atomic E-state index is 12.2. The Morgan fingerprint density at radius 3 is 2.93 bits per heavy atom. The summed E-state index contributed by atoms with van der Waals surface area (Å²) in [5, 5.41) is 0. The van der Waals surface area contributed by atoms with E-state index in [-0.39, 0.29) is 0 Å². The number of allylic oxidation sites excluding steroid dienone is 1. The molecule has 0 aromatic carbocycles. The van der Waals surface area contributed by atoms with Crippen LogP contribution in [0, 0.1) is 0 Å². The van der Waals surface area contributed by atoms with Crippen LogP contribution in [0.5, 0.6) is 0 Å². The van der Waals surface area contributed by atoms with Gasteiger partial charge in [-0.2, -0.15) is 13.2 Å². The van der Waals surface area contributed by atoms with Gasteiger partial charge >= 0.3 is 6.18 Å². The number of hydrogen-bond acceptors (Lipinski definition) is 2. The first-order valence-corrected chi connectivity index (χ1v) is 4.50. The number of fused-ring (bicyclic) bond motifs is 1. The Morgan fingerprint density at radius 1 is 1.40 bits per heavy atom. The van der Waals surface area contributed by atoms with Crippen molar-refractivity contribution in [1.29, 1.82) is 0 Å². The van der Waals surface area contributed by atoms with Gasteiger partial charge in [-0.3, -0.25) is 0 Å². The molecule has 0 fully saturated rings. The van der Waals surface area contributed by atoms with Crippen molar-refractivity contribution in [1.82, 2.24) is 4.98 Å². The number of anilines is 1. The van der Waals surface area contributed by atoms with Crippen molar-refractivity contribution in [3.8, 4) is 0 Å². The molecule has 1 aliphatic rings. The summed E-state index contributed by atoms with van der Waals surface area (Å²) in [5.41, 5.74) is 0.823. The highest BCUT2D eigenvalue weighted by Crippen LogP contribution is 2.26. The Kier molecular flexibility index (Phi) is 2.38. The molecule has 0 aliphatic carbocycles. The smallest absolute Gasteiger partial charge is 0.324 e. The number of rotatable bonds is 1. The standard InChI is InChI=1S/C10H9F3N2/c11-10(12,13)7-15-6-2-4-8-3-1-5-14-9(8)15/h1-3,5-6H,4,7H2. The number of halogens is 3. The van der Waals surface area contributed by atoms with Gasteiger partial charge in [0.05, 0.1) is 0 Å². The number of alkyl halides is 3. The lowest BCUT2D eigenvalue weighted by atomic mass is 10.1. The topological polar surface area (TPSA) is 16.1 Å². The molecule has 2 heterocycles. The molecule has 0 bridgehead atoms. The van der Waals surface area contributed by atoms with Gasteiger partial charge in [-0.1, -0.05) is 12.1 Å². The molecule has 2 rings (SSSR count). The highest BCUT2D eigenvalue weighted by atomic mass is 19.4. The molecular formula is C10H9F3N2. The summed E-state index contributed by atoms with van der Waals surface area (Å²) in [6.45, 7) is -0.993. The molecule has 0 spiro atoms.